The molecule has 0 saturated carbocycles. The van der Waals surface area contributed by atoms with Crippen LogP contribution in [-0.4, -0.2) is 36.1 Å². The Bertz CT molecular complexity index is 228. The first-order chi connectivity index (χ1) is 7.11. The summed E-state index contributed by atoms with van der Waals surface area (Å²) < 4.78 is 74.4. The molecule has 0 aromatic carbocycles. The highest BCUT2D eigenvalue weighted by Gasteiger charge is 2.73. The van der Waals surface area contributed by atoms with Crippen LogP contribution in [0.15, 0.2) is 0 Å². The molecule has 96 valence electrons. The molecule has 0 unspecified atom stereocenters. The first-order valence-electron chi connectivity index (χ1n) is 4.67. The van der Waals surface area contributed by atoms with E-state index < -0.39 is 23.9 Å². The van der Waals surface area contributed by atoms with Crippen molar-refractivity contribution in [3.8, 4) is 0 Å². The normalized spacial score (nSPS) is 21.2. The monoisotopic (exact) mass is 251 g/mol. The highest BCUT2D eigenvalue weighted by Crippen LogP contribution is 2.49. The van der Waals surface area contributed by atoms with E-state index in [2.05, 4.69) is 5.32 Å². The Morgan fingerprint density at radius 1 is 0.875 bits per heavy atom. The minimum absolute atomic E-state index is 0.0408. The minimum atomic E-state index is -5.70. The fraction of sp³-hybridized carbons (Fsp3) is 1.00. The van der Waals surface area contributed by atoms with Crippen LogP contribution in [0.3, 0.4) is 0 Å². The summed E-state index contributed by atoms with van der Waals surface area (Å²) in [5.74, 6) is -1.84. The number of piperidine rings is 1. The second kappa shape index (κ2) is 4.06. The molecular formula is C8H11F6NO. The van der Waals surface area contributed by atoms with Crippen molar-refractivity contribution in [1.29, 1.82) is 0 Å². The van der Waals surface area contributed by atoms with Crippen molar-refractivity contribution < 1.29 is 31.4 Å². The molecule has 8 heteroatoms. The fourth-order valence-electron chi connectivity index (χ4n) is 1.86. The van der Waals surface area contributed by atoms with Crippen molar-refractivity contribution in [3.63, 3.8) is 0 Å². The summed E-state index contributed by atoms with van der Waals surface area (Å²) >= 11 is 0. The Kier molecular flexibility index (Phi) is 3.45. The largest absolute Gasteiger partial charge is 0.426 e. The zero-order valence-corrected chi connectivity index (χ0v) is 8.12. The Labute approximate surface area is 87.6 Å². The van der Waals surface area contributed by atoms with Crippen LogP contribution in [0.25, 0.3) is 0 Å². The van der Waals surface area contributed by atoms with Gasteiger partial charge in [-0.3, -0.25) is 0 Å². The van der Waals surface area contributed by atoms with Crippen LogP contribution in [0, 0.1) is 5.92 Å². The maximum Gasteiger partial charge on any atom is 0.426 e. The number of alkyl halides is 6. The lowest BCUT2D eigenvalue weighted by atomic mass is 9.79. The van der Waals surface area contributed by atoms with Crippen molar-refractivity contribution in [2.24, 2.45) is 5.92 Å². The van der Waals surface area contributed by atoms with Gasteiger partial charge in [0.15, 0.2) is 0 Å². The highest BCUT2D eigenvalue weighted by molar-refractivity contribution is 5.00. The maximum atomic E-state index is 12.4. The van der Waals surface area contributed by atoms with E-state index in [-0.39, 0.29) is 25.9 Å². The molecule has 0 aromatic rings. The Hall–Kier alpha value is -0.500. The van der Waals surface area contributed by atoms with Gasteiger partial charge in [0, 0.05) is 5.92 Å². The second-order valence-electron chi connectivity index (χ2n) is 3.79. The van der Waals surface area contributed by atoms with Gasteiger partial charge in [-0.05, 0) is 25.9 Å². The fourth-order valence-corrected chi connectivity index (χ4v) is 1.86. The summed E-state index contributed by atoms with van der Waals surface area (Å²) in [6, 6.07) is 0. The van der Waals surface area contributed by atoms with Crippen molar-refractivity contribution in [2.75, 3.05) is 13.1 Å². The number of nitrogens with one attached hydrogen (secondary N) is 1. The number of halogens is 6. The van der Waals surface area contributed by atoms with E-state index in [9.17, 15) is 26.3 Å². The summed E-state index contributed by atoms with van der Waals surface area (Å²) in [5.41, 5.74) is -4.60. The molecular weight excluding hydrogens is 240 g/mol. The third-order valence-electron chi connectivity index (χ3n) is 2.79. The van der Waals surface area contributed by atoms with Gasteiger partial charge in [0.25, 0.3) is 5.60 Å². The molecule has 1 aliphatic rings. The van der Waals surface area contributed by atoms with E-state index in [0.29, 0.717) is 0 Å². The first-order valence-corrected chi connectivity index (χ1v) is 4.67. The number of rotatable bonds is 1. The summed E-state index contributed by atoms with van der Waals surface area (Å²) in [4.78, 5) is 0. The Morgan fingerprint density at radius 2 is 1.25 bits per heavy atom. The lowest BCUT2D eigenvalue weighted by Crippen LogP contribution is -2.63. The summed E-state index contributed by atoms with van der Waals surface area (Å²) in [5, 5.41) is 11.7. The van der Waals surface area contributed by atoms with E-state index >= 15 is 0 Å². The lowest BCUT2D eigenvalue weighted by molar-refractivity contribution is -0.386. The van der Waals surface area contributed by atoms with Gasteiger partial charge in [0.1, 0.15) is 0 Å². The van der Waals surface area contributed by atoms with Crippen molar-refractivity contribution in [2.45, 2.75) is 30.8 Å². The minimum Gasteiger partial charge on any atom is -0.373 e. The average Bonchev–Trinajstić information content (AvgIpc) is 2.14. The molecule has 2 N–H and O–H groups in total. The van der Waals surface area contributed by atoms with Gasteiger partial charge in [-0.1, -0.05) is 0 Å². The van der Waals surface area contributed by atoms with Crippen LogP contribution in [0.2, 0.25) is 0 Å². The summed E-state index contributed by atoms with van der Waals surface area (Å²) in [6.07, 6.45) is -12.1. The predicted molar refractivity (Wildman–Crippen MR) is 42.7 cm³/mol. The van der Waals surface area contributed by atoms with Gasteiger partial charge in [0.05, 0.1) is 0 Å². The zero-order valence-electron chi connectivity index (χ0n) is 8.12. The van der Waals surface area contributed by atoms with Crippen molar-refractivity contribution >= 4 is 0 Å². The van der Waals surface area contributed by atoms with Crippen LogP contribution < -0.4 is 5.32 Å². The van der Waals surface area contributed by atoms with Crippen LogP contribution in [0.5, 0.6) is 0 Å². The average molecular weight is 251 g/mol. The van der Waals surface area contributed by atoms with E-state index in [1.54, 1.807) is 0 Å². The van der Waals surface area contributed by atoms with Gasteiger partial charge in [-0.25, -0.2) is 0 Å². The third kappa shape index (κ3) is 2.13. The molecule has 0 atom stereocenters. The lowest BCUT2D eigenvalue weighted by Gasteiger charge is -2.40. The zero-order chi connectivity index (χ0) is 12.6. The van der Waals surface area contributed by atoms with Gasteiger partial charge in [-0.15, -0.1) is 0 Å². The summed E-state index contributed by atoms with van der Waals surface area (Å²) in [7, 11) is 0. The molecule has 1 saturated heterocycles. The number of aliphatic hydroxyl groups is 1. The number of hydrogen-bond acceptors (Lipinski definition) is 2. The molecule has 16 heavy (non-hydrogen) atoms. The third-order valence-corrected chi connectivity index (χ3v) is 2.79. The van der Waals surface area contributed by atoms with Crippen molar-refractivity contribution in [3.05, 3.63) is 0 Å². The molecule has 0 bridgehead atoms. The molecule has 1 aliphatic heterocycles. The first kappa shape index (κ1) is 13.6. The quantitative estimate of drug-likeness (QED) is 0.697. The Morgan fingerprint density at radius 3 is 1.56 bits per heavy atom. The molecule has 1 fully saturated rings. The molecule has 0 aliphatic carbocycles. The molecule has 2 nitrogen and oxygen atoms in total. The predicted octanol–water partition coefficient (Wildman–Crippen LogP) is 1.84. The molecule has 0 amide bonds. The van der Waals surface area contributed by atoms with E-state index in [0.717, 1.165) is 0 Å². The van der Waals surface area contributed by atoms with E-state index in [4.69, 9.17) is 5.11 Å². The smallest absolute Gasteiger partial charge is 0.373 e. The molecule has 1 heterocycles. The van der Waals surface area contributed by atoms with E-state index in [1.807, 2.05) is 0 Å². The second-order valence-corrected chi connectivity index (χ2v) is 3.79. The van der Waals surface area contributed by atoms with Crippen LogP contribution in [0.1, 0.15) is 12.8 Å². The van der Waals surface area contributed by atoms with Crippen LogP contribution in [-0.2, 0) is 0 Å². The molecule has 0 aromatic heterocycles. The van der Waals surface area contributed by atoms with Gasteiger partial charge in [-0.2, -0.15) is 26.3 Å². The number of hydrogen-bond donors (Lipinski definition) is 2. The Balaban J connectivity index is 3.04. The van der Waals surface area contributed by atoms with Crippen LogP contribution in [0.4, 0.5) is 26.3 Å². The van der Waals surface area contributed by atoms with Crippen LogP contribution >= 0.6 is 0 Å². The van der Waals surface area contributed by atoms with Crippen molar-refractivity contribution in [1.82, 2.24) is 5.32 Å². The van der Waals surface area contributed by atoms with Gasteiger partial charge >= 0.3 is 12.4 Å². The highest BCUT2D eigenvalue weighted by atomic mass is 19.4. The molecule has 0 radical (unpaired) electrons. The SMILES string of the molecule is OC(C1CCNCC1)(C(F)(F)F)C(F)(F)F. The maximum absolute atomic E-state index is 12.4. The standard InChI is InChI=1S/C8H11F6NO/c9-7(10,11)6(16,8(12,13)14)5-1-3-15-4-2-5/h5,15-16H,1-4H2. The molecule has 0 spiro atoms. The summed E-state index contributed by atoms with van der Waals surface area (Å²) in [6.45, 7) is 0.0816. The van der Waals surface area contributed by atoms with Gasteiger partial charge < -0.3 is 10.4 Å². The van der Waals surface area contributed by atoms with Gasteiger partial charge in [0.2, 0.25) is 0 Å². The van der Waals surface area contributed by atoms with E-state index in [1.165, 1.54) is 0 Å². The topological polar surface area (TPSA) is 32.3 Å². The molecule has 1 rings (SSSR count).